The summed E-state index contributed by atoms with van der Waals surface area (Å²) in [6.07, 6.45) is -0.714. The van der Waals surface area contributed by atoms with E-state index in [9.17, 15) is 14.0 Å². The van der Waals surface area contributed by atoms with E-state index in [4.69, 9.17) is 4.74 Å². The van der Waals surface area contributed by atoms with Crippen LogP contribution in [0.25, 0.3) is 5.69 Å². The maximum absolute atomic E-state index is 13.8. The van der Waals surface area contributed by atoms with Crippen LogP contribution < -0.4 is 10.6 Å². The average Bonchev–Trinajstić information content (AvgIpc) is 3.05. The highest BCUT2D eigenvalue weighted by molar-refractivity contribution is 6.05. The van der Waals surface area contributed by atoms with Gasteiger partial charge >= 0.3 is 6.09 Å². The second-order valence-electron chi connectivity index (χ2n) is 7.69. The van der Waals surface area contributed by atoms with Gasteiger partial charge in [0.05, 0.1) is 17.1 Å². The number of amides is 2. The number of benzene rings is 2. The van der Waals surface area contributed by atoms with Gasteiger partial charge in [0.25, 0.3) is 5.91 Å². The monoisotopic (exact) mass is 410 g/mol. The number of anilines is 2. The van der Waals surface area contributed by atoms with Crippen molar-refractivity contribution in [1.82, 2.24) is 9.78 Å². The number of aromatic nitrogens is 2. The zero-order valence-corrected chi connectivity index (χ0v) is 17.2. The van der Waals surface area contributed by atoms with E-state index in [2.05, 4.69) is 15.7 Å². The third-order valence-corrected chi connectivity index (χ3v) is 3.99. The fourth-order valence-electron chi connectivity index (χ4n) is 2.74. The lowest BCUT2D eigenvalue weighted by molar-refractivity contribution is 0.0635. The van der Waals surface area contributed by atoms with Gasteiger partial charge in [-0.15, -0.1) is 0 Å². The molecule has 7 nitrogen and oxygen atoms in total. The SMILES string of the molecule is Cc1cc(C(=O)Nc2cc(F)ccc2NC(=O)OC(C)(C)C)nn1-c1ccccc1. The van der Waals surface area contributed by atoms with Crippen molar-refractivity contribution in [1.29, 1.82) is 0 Å². The van der Waals surface area contributed by atoms with Crippen molar-refractivity contribution in [2.24, 2.45) is 0 Å². The predicted octanol–water partition coefficient (Wildman–Crippen LogP) is 4.92. The molecule has 2 aromatic carbocycles. The van der Waals surface area contributed by atoms with Crippen molar-refractivity contribution in [3.63, 3.8) is 0 Å². The van der Waals surface area contributed by atoms with Gasteiger partial charge in [0.2, 0.25) is 0 Å². The van der Waals surface area contributed by atoms with E-state index < -0.39 is 23.4 Å². The van der Waals surface area contributed by atoms with Crippen molar-refractivity contribution in [2.45, 2.75) is 33.3 Å². The Morgan fingerprint density at radius 1 is 1.00 bits per heavy atom. The molecule has 2 amide bonds. The van der Waals surface area contributed by atoms with E-state index in [-0.39, 0.29) is 17.1 Å². The lowest BCUT2D eigenvalue weighted by atomic mass is 10.2. The standard InChI is InChI=1S/C22H23FN4O3/c1-14-12-19(26-27(14)16-8-6-5-7-9-16)20(28)24-18-13-15(23)10-11-17(18)25-21(29)30-22(2,3)4/h5-13H,1-4H3,(H,24,28)(H,25,29). The van der Waals surface area contributed by atoms with Crippen LogP contribution in [-0.2, 0) is 4.74 Å². The number of nitrogens with zero attached hydrogens (tertiary/aromatic N) is 2. The van der Waals surface area contributed by atoms with Gasteiger partial charge in [-0.05, 0) is 64.1 Å². The number of ether oxygens (including phenoxy) is 1. The van der Waals surface area contributed by atoms with E-state index in [1.807, 2.05) is 37.3 Å². The molecule has 0 unspecified atom stereocenters. The smallest absolute Gasteiger partial charge is 0.412 e. The minimum atomic E-state index is -0.714. The lowest BCUT2D eigenvalue weighted by Crippen LogP contribution is -2.27. The molecule has 1 heterocycles. The van der Waals surface area contributed by atoms with Crippen molar-refractivity contribution >= 4 is 23.4 Å². The highest BCUT2D eigenvalue weighted by Gasteiger charge is 2.19. The Labute approximate surface area is 173 Å². The Kier molecular flexibility index (Phi) is 5.86. The van der Waals surface area contributed by atoms with Crippen molar-refractivity contribution in [3.8, 4) is 5.69 Å². The van der Waals surface area contributed by atoms with Gasteiger partial charge in [0.15, 0.2) is 5.69 Å². The molecule has 2 N–H and O–H groups in total. The van der Waals surface area contributed by atoms with E-state index in [0.29, 0.717) is 0 Å². The Balaban J connectivity index is 1.82. The largest absolute Gasteiger partial charge is 0.444 e. The van der Waals surface area contributed by atoms with E-state index in [0.717, 1.165) is 17.4 Å². The number of nitrogens with one attached hydrogen (secondary N) is 2. The second kappa shape index (κ2) is 8.36. The minimum absolute atomic E-state index is 0.0952. The number of rotatable bonds is 4. The summed E-state index contributed by atoms with van der Waals surface area (Å²) in [4.78, 5) is 24.8. The highest BCUT2D eigenvalue weighted by atomic mass is 19.1. The summed E-state index contributed by atoms with van der Waals surface area (Å²) >= 11 is 0. The summed E-state index contributed by atoms with van der Waals surface area (Å²) in [6, 6.07) is 14.6. The molecule has 156 valence electrons. The topological polar surface area (TPSA) is 85.2 Å². The van der Waals surface area contributed by atoms with Crippen LogP contribution in [-0.4, -0.2) is 27.4 Å². The molecule has 1 aromatic heterocycles. The van der Waals surface area contributed by atoms with Crippen LogP contribution in [0, 0.1) is 12.7 Å². The molecule has 0 atom stereocenters. The van der Waals surface area contributed by atoms with Gasteiger partial charge in [-0.1, -0.05) is 18.2 Å². The molecule has 0 aliphatic carbocycles. The maximum atomic E-state index is 13.8. The van der Waals surface area contributed by atoms with Gasteiger partial charge in [-0.25, -0.2) is 13.9 Å². The van der Waals surface area contributed by atoms with Gasteiger partial charge in [-0.2, -0.15) is 5.10 Å². The molecule has 0 radical (unpaired) electrons. The van der Waals surface area contributed by atoms with Crippen molar-refractivity contribution < 1.29 is 18.7 Å². The Hall–Kier alpha value is -3.68. The molecule has 0 saturated heterocycles. The number of carbonyl (C=O) groups is 2. The molecule has 0 aliphatic heterocycles. The maximum Gasteiger partial charge on any atom is 0.412 e. The van der Waals surface area contributed by atoms with E-state index >= 15 is 0 Å². The minimum Gasteiger partial charge on any atom is -0.444 e. The fraction of sp³-hybridized carbons (Fsp3) is 0.227. The van der Waals surface area contributed by atoms with Crippen molar-refractivity contribution in [2.75, 3.05) is 10.6 Å². The van der Waals surface area contributed by atoms with Gasteiger partial charge in [-0.3, -0.25) is 10.1 Å². The molecular formula is C22H23FN4O3. The van der Waals surface area contributed by atoms with Crippen LogP contribution in [0.5, 0.6) is 0 Å². The normalized spacial score (nSPS) is 11.1. The molecule has 0 aliphatic rings. The molecule has 30 heavy (non-hydrogen) atoms. The molecule has 8 heteroatoms. The zero-order chi connectivity index (χ0) is 21.9. The molecule has 0 bridgehead atoms. The first kappa shape index (κ1) is 21.0. The number of halogens is 1. The van der Waals surface area contributed by atoms with Crippen LogP contribution in [0.3, 0.4) is 0 Å². The second-order valence-corrected chi connectivity index (χ2v) is 7.69. The summed E-state index contributed by atoms with van der Waals surface area (Å²) in [5, 5.41) is 9.46. The number of hydrogen-bond donors (Lipinski definition) is 2. The Morgan fingerprint density at radius 3 is 2.37 bits per heavy atom. The first-order valence-corrected chi connectivity index (χ1v) is 9.35. The number of hydrogen-bond acceptors (Lipinski definition) is 4. The zero-order valence-electron chi connectivity index (χ0n) is 17.2. The van der Waals surface area contributed by atoms with Crippen LogP contribution in [0.2, 0.25) is 0 Å². The van der Waals surface area contributed by atoms with E-state index in [1.165, 1.54) is 12.1 Å². The quantitative estimate of drug-likeness (QED) is 0.639. The number of aryl methyl sites for hydroxylation is 1. The van der Waals surface area contributed by atoms with Crippen LogP contribution in [0.4, 0.5) is 20.6 Å². The van der Waals surface area contributed by atoms with Crippen LogP contribution >= 0.6 is 0 Å². The molecule has 0 fully saturated rings. The van der Waals surface area contributed by atoms with Crippen molar-refractivity contribution in [3.05, 3.63) is 71.8 Å². The molecule has 3 rings (SSSR count). The summed E-state index contributed by atoms with van der Waals surface area (Å²) in [6.45, 7) is 7.01. The molecular weight excluding hydrogens is 387 g/mol. The summed E-state index contributed by atoms with van der Waals surface area (Å²) in [5.74, 6) is -1.10. The van der Waals surface area contributed by atoms with Gasteiger partial charge < -0.3 is 10.1 Å². The predicted molar refractivity (Wildman–Crippen MR) is 113 cm³/mol. The molecule has 0 spiro atoms. The summed E-state index contributed by atoms with van der Waals surface area (Å²) < 4.78 is 20.6. The fourth-order valence-corrected chi connectivity index (χ4v) is 2.74. The Morgan fingerprint density at radius 2 is 1.70 bits per heavy atom. The number of para-hydroxylation sites is 1. The summed E-state index contributed by atoms with van der Waals surface area (Å²) in [7, 11) is 0. The van der Waals surface area contributed by atoms with E-state index in [1.54, 1.807) is 31.5 Å². The molecule has 0 saturated carbocycles. The van der Waals surface area contributed by atoms with Gasteiger partial charge in [0.1, 0.15) is 11.4 Å². The Bertz CT molecular complexity index is 1070. The first-order chi connectivity index (χ1) is 14.1. The first-order valence-electron chi connectivity index (χ1n) is 9.35. The molecule has 3 aromatic rings. The van der Waals surface area contributed by atoms with Gasteiger partial charge in [0, 0.05) is 5.69 Å². The summed E-state index contributed by atoms with van der Waals surface area (Å²) in [5.41, 5.74) is 1.33. The number of carbonyl (C=O) groups excluding carboxylic acids is 2. The average molecular weight is 410 g/mol. The lowest BCUT2D eigenvalue weighted by Gasteiger charge is -2.20. The van der Waals surface area contributed by atoms with Crippen LogP contribution in [0.15, 0.2) is 54.6 Å². The highest BCUT2D eigenvalue weighted by Crippen LogP contribution is 2.24. The third-order valence-electron chi connectivity index (χ3n) is 3.99. The third kappa shape index (κ3) is 5.22. The van der Waals surface area contributed by atoms with Crippen LogP contribution in [0.1, 0.15) is 37.0 Å².